The molecule has 0 unspecified atom stereocenters. The molecule has 0 saturated carbocycles. The molecule has 1 atom stereocenters. The van der Waals surface area contributed by atoms with Crippen molar-refractivity contribution in [2.75, 3.05) is 19.7 Å². The van der Waals surface area contributed by atoms with Gasteiger partial charge in [-0.15, -0.1) is 0 Å². The van der Waals surface area contributed by atoms with E-state index >= 15 is 0 Å². The molecule has 0 bridgehead atoms. The monoisotopic (exact) mass is 394 g/mol. The maximum Gasteiger partial charge on any atom is 0.339 e. The largest absolute Gasteiger partial charge is 0.454 e. The average Bonchev–Trinajstić information content (AvgIpc) is 3.18. The second-order valence-electron chi connectivity index (χ2n) is 6.73. The standard InChI is InChI=1S/C21H18N2O6/c24-18(23-9-8-22-21(23)27)12-28-19(25)14-6-7-16-15(10-14)11-17(29-20(16)26)13-4-2-1-3-5-13/h1-7,10,17H,8-9,11-12H2,(H,22,27)/t17-/m0/s1. The van der Waals surface area contributed by atoms with E-state index in [4.69, 9.17) is 9.47 Å². The summed E-state index contributed by atoms with van der Waals surface area (Å²) in [6, 6.07) is 13.4. The molecule has 3 amide bonds. The molecule has 8 nitrogen and oxygen atoms in total. The summed E-state index contributed by atoms with van der Waals surface area (Å²) in [7, 11) is 0. The van der Waals surface area contributed by atoms with Gasteiger partial charge in [0.2, 0.25) is 0 Å². The third kappa shape index (κ3) is 3.82. The lowest BCUT2D eigenvalue weighted by Crippen LogP contribution is -2.37. The fourth-order valence-electron chi connectivity index (χ4n) is 3.37. The maximum absolute atomic E-state index is 12.4. The normalized spacial score (nSPS) is 17.9. The lowest BCUT2D eigenvalue weighted by molar-refractivity contribution is -0.130. The van der Waals surface area contributed by atoms with Crippen molar-refractivity contribution in [3.8, 4) is 0 Å². The highest BCUT2D eigenvalue weighted by atomic mass is 16.5. The van der Waals surface area contributed by atoms with E-state index in [1.807, 2.05) is 30.3 Å². The van der Waals surface area contributed by atoms with Gasteiger partial charge in [-0.3, -0.25) is 9.69 Å². The van der Waals surface area contributed by atoms with E-state index in [2.05, 4.69) is 5.32 Å². The zero-order chi connectivity index (χ0) is 20.4. The Labute approximate surface area is 166 Å². The summed E-state index contributed by atoms with van der Waals surface area (Å²) in [6.07, 6.45) is -0.00301. The predicted molar refractivity (Wildman–Crippen MR) is 100 cm³/mol. The molecular weight excluding hydrogens is 376 g/mol. The number of ether oxygens (including phenoxy) is 2. The van der Waals surface area contributed by atoms with E-state index in [-0.39, 0.29) is 12.1 Å². The molecule has 8 heteroatoms. The third-order valence-electron chi connectivity index (χ3n) is 4.87. The Kier molecular flexibility index (Phi) is 4.99. The van der Waals surface area contributed by atoms with Crippen molar-refractivity contribution in [1.82, 2.24) is 10.2 Å². The first-order valence-electron chi connectivity index (χ1n) is 9.17. The fraction of sp³-hybridized carbons (Fsp3) is 0.238. The second-order valence-corrected chi connectivity index (χ2v) is 6.73. The van der Waals surface area contributed by atoms with E-state index in [9.17, 15) is 19.2 Å². The minimum absolute atomic E-state index is 0.226. The van der Waals surface area contributed by atoms with E-state index in [1.54, 1.807) is 6.07 Å². The quantitative estimate of drug-likeness (QED) is 0.794. The first-order chi connectivity index (χ1) is 14.0. The Morgan fingerprint density at radius 3 is 2.66 bits per heavy atom. The third-order valence-corrected chi connectivity index (χ3v) is 4.87. The smallest absolute Gasteiger partial charge is 0.339 e. The van der Waals surface area contributed by atoms with Gasteiger partial charge in [-0.1, -0.05) is 30.3 Å². The topological polar surface area (TPSA) is 102 Å². The van der Waals surface area contributed by atoms with Crippen molar-refractivity contribution in [2.45, 2.75) is 12.5 Å². The average molecular weight is 394 g/mol. The number of amides is 3. The molecule has 2 heterocycles. The molecule has 2 aromatic carbocycles. The van der Waals surface area contributed by atoms with Crippen LogP contribution in [0.25, 0.3) is 0 Å². The molecule has 1 fully saturated rings. The number of urea groups is 1. The summed E-state index contributed by atoms with van der Waals surface area (Å²) >= 11 is 0. The van der Waals surface area contributed by atoms with Crippen molar-refractivity contribution in [2.24, 2.45) is 0 Å². The Bertz CT molecular complexity index is 988. The Morgan fingerprint density at radius 2 is 1.93 bits per heavy atom. The first kappa shape index (κ1) is 18.7. The number of benzene rings is 2. The lowest BCUT2D eigenvalue weighted by atomic mass is 9.93. The number of hydrogen-bond acceptors (Lipinski definition) is 6. The van der Waals surface area contributed by atoms with Crippen LogP contribution in [0, 0.1) is 0 Å². The number of imide groups is 1. The van der Waals surface area contributed by atoms with Crippen LogP contribution >= 0.6 is 0 Å². The number of fused-ring (bicyclic) bond motifs is 1. The molecule has 2 aromatic rings. The van der Waals surface area contributed by atoms with Crippen LogP contribution in [0.1, 0.15) is 37.9 Å². The van der Waals surface area contributed by atoms with Crippen LogP contribution in [0.15, 0.2) is 48.5 Å². The summed E-state index contributed by atoms with van der Waals surface area (Å²) in [5.74, 6) is -1.73. The van der Waals surface area contributed by atoms with Crippen LogP contribution in [0.3, 0.4) is 0 Å². The minimum Gasteiger partial charge on any atom is -0.454 e. The highest BCUT2D eigenvalue weighted by Crippen LogP contribution is 2.31. The first-order valence-corrected chi connectivity index (χ1v) is 9.17. The molecule has 2 aliphatic heterocycles. The van der Waals surface area contributed by atoms with Crippen LogP contribution < -0.4 is 5.32 Å². The molecule has 2 aliphatic rings. The van der Waals surface area contributed by atoms with Crippen molar-refractivity contribution in [3.05, 3.63) is 70.8 Å². The molecular formula is C21H18N2O6. The van der Waals surface area contributed by atoms with Crippen molar-refractivity contribution in [1.29, 1.82) is 0 Å². The number of cyclic esters (lactones) is 1. The fourth-order valence-corrected chi connectivity index (χ4v) is 3.37. The highest BCUT2D eigenvalue weighted by Gasteiger charge is 2.29. The van der Waals surface area contributed by atoms with Gasteiger partial charge >= 0.3 is 18.0 Å². The Morgan fingerprint density at radius 1 is 1.14 bits per heavy atom. The van der Waals surface area contributed by atoms with Gasteiger partial charge in [0.25, 0.3) is 5.91 Å². The number of esters is 2. The minimum atomic E-state index is -0.698. The predicted octanol–water partition coefficient (Wildman–Crippen LogP) is 1.85. The highest BCUT2D eigenvalue weighted by molar-refractivity contribution is 5.99. The molecule has 4 rings (SSSR count). The molecule has 29 heavy (non-hydrogen) atoms. The zero-order valence-electron chi connectivity index (χ0n) is 15.4. The van der Waals surface area contributed by atoms with E-state index in [0.717, 1.165) is 10.5 Å². The number of carbonyl (C=O) groups excluding carboxylic acids is 4. The molecule has 1 saturated heterocycles. The van der Waals surface area contributed by atoms with Crippen molar-refractivity contribution in [3.63, 3.8) is 0 Å². The van der Waals surface area contributed by atoms with Gasteiger partial charge < -0.3 is 14.8 Å². The summed E-state index contributed by atoms with van der Waals surface area (Å²) in [5.41, 5.74) is 2.17. The summed E-state index contributed by atoms with van der Waals surface area (Å²) < 4.78 is 10.6. The number of nitrogens with one attached hydrogen (secondary N) is 1. The van der Waals surface area contributed by atoms with Gasteiger partial charge in [0, 0.05) is 19.5 Å². The number of rotatable bonds is 4. The van der Waals surface area contributed by atoms with Gasteiger partial charge in [-0.2, -0.15) is 0 Å². The number of hydrogen-bond donors (Lipinski definition) is 1. The zero-order valence-corrected chi connectivity index (χ0v) is 15.4. The van der Waals surface area contributed by atoms with Crippen LogP contribution in [0.4, 0.5) is 4.79 Å². The Balaban J connectivity index is 1.46. The van der Waals surface area contributed by atoms with E-state index in [1.165, 1.54) is 12.1 Å². The summed E-state index contributed by atoms with van der Waals surface area (Å²) in [6.45, 7) is 0.0943. The van der Waals surface area contributed by atoms with Gasteiger partial charge in [0.15, 0.2) is 6.61 Å². The molecule has 0 radical (unpaired) electrons. The second kappa shape index (κ2) is 7.75. The lowest BCUT2D eigenvalue weighted by Gasteiger charge is -2.25. The van der Waals surface area contributed by atoms with E-state index < -0.39 is 36.6 Å². The van der Waals surface area contributed by atoms with Crippen LogP contribution in [-0.2, 0) is 20.7 Å². The Hall–Kier alpha value is -3.68. The number of carbonyl (C=O) groups is 4. The maximum atomic E-state index is 12.4. The van der Waals surface area contributed by atoms with Gasteiger partial charge in [0.05, 0.1) is 11.1 Å². The van der Waals surface area contributed by atoms with Crippen LogP contribution in [0.2, 0.25) is 0 Å². The SMILES string of the molecule is O=C(OCC(=O)N1CCNC1=O)c1ccc2c(c1)C[C@@H](c1ccccc1)OC2=O. The molecule has 1 N–H and O–H groups in total. The summed E-state index contributed by atoms with van der Waals surface area (Å²) in [4.78, 5) is 49.1. The molecule has 0 aliphatic carbocycles. The number of nitrogens with zero attached hydrogens (tertiary/aromatic N) is 1. The van der Waals surface area contributed by atoms with Gasteiger partial charge in [-0.05, 0) is 29.3 Å². The molecule has 0 spiro atoms. The molecule has 148 valence electrons. The van der Waals surface area contributed by atoms with Gasteiger partial charge in [0.1, 0.15) is 6.10 Å². The van der Waals surface area contributed by atoms with Crippen LogP contribution in [-0.4, -0.2) is 48.5 Å². The van der Waals surface area contributed by atoms with E-state index in [0.29, 0.717) is 24.1 Å². The van der Waals surface area contributed by atoms with Crippen molar-refractivity contribution < 1.29 is 28.7 Å². The van der Waals surface area contributed by atoms with Gasteiger partial charge in [-0.25, -0.2) is 14.4 Å². The molecule has 0 aromatic heterocycles. The van der Waals surface area contributed by atoms with Crippen molar-refractivity contribution >= 4 is 23.9 Å². The van der Waals surface area contributed by atoms with Crippen LogP contribution in [0.5, 0.6) is 0 Å². The summed E-state index contributed by atoms with van der Waals surface area (Å²) in [5, 5.41) is 2.51.